The van der Waals surface area contributed by atoms with E-state index in [9.17, 15) is 9.59 Å². The molecule has 1 aliphatic heterocycles. The first-order chi connectivity index (χ1) is 13.0. The molecule has 0 saturated heterocycles. The topological polar surface area (TPSA) is 71.1 Å². The summed E-state index contributed by atoms with van der Waals surface area (Å²) < 4.78 is 22.0. The Morgan fingerprint density at radius 1 is 1.00 bits per heavy atom. The Bertz CT molecular complexity index is 871. The lowest BCUT2D eigenvalue weighted by Gasteiger charge is -2.23. The molecule has 2 aromatic carbocycles. The van der Waals surface area contributed by atoms with Gasteiger partial charge in [0, 0.05) is 24.5 Å². The number of aryl methyl sites for hydroxylation is 1. The van der Waals surface area contributed by atoms with Gasteiger partial charge in [0.2, 0.25) is 5.75 Å². The van der Waals surface area contributed by atoms with Gasteiger partial charge >= 0.3 is 0 Å². The summed E-state index contributed by atoms with van der Waals surface area (Å²) in [4.78, 5) is 25.3. The van der Waals surface area contributed by atoms with Crippen molar-refractivity contribution in [3.8, 4) is 23.0 Å². The third-order valence-corrected chi connectivity index (χ3v) is 4.38. The van der Waals surface area contributed by atoms with Crippen molar-refractivity contribution in [2.75, 3.05) is 27.4 Å². The predicted molar refractivity (Wildman–Crippen MR) is 99.6 cm³/mol. The van der Waals surface area contributed by atoms with Crippen molar-refractivity contribution in [1.29, 1.82) is 0 Å². The summed E-state index contributed by atoms with van der Waals surface area (Å²) in [6.45, 7) is 2.71. The zero-order valence-electron chi connectivity index (χ0n) is 15.7. The Labute approximate surface area is 158 Å². The molecule has 0 aliphatic carbocycles. The average Bonchev–Trinajstić information content (AvgIpc) is 2.70. The van der Waals surface area contributed by atoms with E-state index in [1.54, 1.807) is 12.1 Å². The van der Waals surface area contributed by atoms with Crippen LogP contribution in [-0.4, -0.2) is 39.0 Å². The van der Waals surface area contributed by atoms with E-state index < -0.39 is 0 Å². The van der Waals surface area contributed by atoms with Crippen molar-refractivity contribution in [3.05, 3.63) is 47.0 Å². The summed E-state index contributed by atoms with van der Waals surface area (Å²) >= 11 is 0. The highest BCUT2D eigenvalue weighted by Gasteiger charge is 2.28. The van der Waals surface area contributed by atoms with Crippen LogP contribution >= 0.6 is 0 Å². The number of Topliss-reactive ketones (excluding diaryl/α,β-unsaturated/α-hetero) is 2. The van der Waals surface area contributed by atoms with Crippen molar-refractivity contribution >= 4 is 11.6 Å². The van der Waals surface area contributed by atoms with Gasteiger partial charge in [0.15, 0.2) is 23.1 Å². The maximum Gasteiger partial charge on any atom is 0.204 e. The molecule has 0 N–H and O–H groups in total. The van der Waals surface area contributed by atoms with E-state index in [4.69, 9.17) is 18.9 Å². The van der Waals surface area contributed by atoms with Crippen LogP contribution in [0.4, 0.5) is 0 Å². The van der Waals surface area contributed by atoms with Crippen molar-refractivity contribution in [3.63, 3.8) is 0 Å². The van der Waals surface area contributed by atoms with Crippen LogP contribution in [0.5, 0.6) is 23.0 Å². The normalized spacial score (nSPS) is 12.4. The lowest BCUT2D eigenvalue weighted by Crippen LogP contribution is -2.18. The average molecular weight is 370 g/mol. The summed E-state index contributed by atoms with van der Waals surface area (Å²) in [5.41, 5.74) is 1.87. The predicted octanol–water partition coefficient (Wildman–Crippen LogP) is 3.63. The van der Waals surface area contributed by atoms with E-state index in [1.165, 1.54) is 14.2 Å². The molecule has 142 valence electrons. The van der Waals surface area contributed by atoms with Crippen LogP contribution in [0.2, 0.25) is 0 Å². The van der Waals surface area contributed by atoms with Crippen LogP contribution in [0, 0.1) is 6.92 Å². The first kappa shape index (κ1) is 18.8. The molecule has 3 rings (SSSR count). The molecule has 2 aromatic rings. The molecule has 0 bridgehead atoms. The number of hydrogen-bond donors (Lipinski definition) is 0. The van der Waals surface area contributed by atoms with Gasteiger partial charge in [-0.2, -0.15) is 0 Å². The molecule has 0 saturated carbocycles. The number of rotatable bonds is 7. The third kappa shape index (κ3) is 3.89. The van der Waals surface area contributed by atoms with Crippen molar-refractivity contribution in [2.45, 2.75) is 19.8 Å². The molecule has 0 spiro atoms. The van der Waals surface area contributed by atoms with Crippen LogP contribution in [0.3, 0.4) is 0 Å². The van der Waals surface area contributed by atoms with Gasteiger partial charge in [0.25, 0.3) is 0 Å². The standard InChI is InChI=1S/C21H22O6/c1-13-5-4-6-14(11-13)15(22)7-8-16(23)19-17(24-2)12-18-20(21(19)25-3)27-10-9-26-18/h4-6,11-12H,7-10H2,1-3H3. The lowest BCUT2D eigenvalue weighted by molar-refractivity contribution is 0.0912. The molecular formula is C21H22O6. The highest BCUT2D eigenvalue weighted by molar-refractivity contribution is 6.06. The van der Waals surface area contributed by atoms with E-state index >= 15 is 0 Å². The highest BCUT2D eigenvalue weighted by Crippen LogP contribution is 2.47. The van der Waals surface area contributed by atoms with E-state index in [-0.39, 0.29) is 35.7 Å². The minimum absolute atomic E-state index is 0.0408. The van der Waals surface area contributed by atoms with Crippen molar-refractivity contribution in [2.24, 2.45) is 0 Å². The zero-order chi connectivity index (χ0) is 19.4. The van der Waals surface area contributed by atoms with Crippen LogP contribution in [0.25, 0.3) is 0 Å². The van der Waals surface area contributed by atoms with Crippen LogP contribution in [0.15, 0.2) is 30.3 Å². The minimum atomic E-state index is -0.248. The number of carbonyl (C=O) groups is 2. The van der Waals surface area contributed by atoms with Gasteiger partial charge in [0.05, 0.1) is 14.2 Å². The minimum Gasteiger partial charge on any atom is -0.496 e. The second-order valence-electron chi connectivity index (χ2n) is 6.23. The van der Waals surface area contributed by atoms with Gasteiger partial charge in [-0.15, -0.1) is 0 Å². The van der Waals surface area contributed by atoms with Crippen molar-refractivity contribution < 1.29 is 28.5 Å². The van der Waals surface area contributed by atoms with E-state index in [0.29, 0.717) is 36.0 Å². The van der Waals surface area contributed by atoms with Gasteiger partial charge in [-0.3, -0.25) is 9.59 Å². The number of carbonyl (C=O) groups excluding carboxylic acids is 2. The Kier molecular flexibility index (Phi) is 5.64. The second-order valence-corrected chi connectivity index (χ2v) is 6.23. The van der Waals surface area contributed by atoms with Gasteiger partial charge < -0.3 is 18.9 Å². The molecule has 1 heterocycles. The van der Waals surface area contributed by atoms with Gasteiger partial charge in [0.1, 0.15) is 24.5 Å². The fourth-order valence-electron chi connectivity index (χ4n) is 3.07. The molecule has 0 radical (unpaired) electrons. The fraction of sp³-hybridized carbons (Fsp3) is 0.333. The summed E-state index contributed by atoms with van der Waals surface area (Å²) in [7, 11) is 2.93. The summed E-state index contributed by atoms with van der Waals surface area (Å²) in [5, 5.41) is 0. The Morgan fingerprint density at radius 3 is 2.44 bits per heavy atom. The summed E-state index contributed by atoms with van der Waals surface area (Å²) in [5.74, 6) is 1.14. The Morgan fingerprint density at radius 2 is 1.74 bits per heavy atom. The summed E-state index contributed by atoms with van der Waals surface area (Å²) in [6, 6.07) is 8.94. The molecule has 27 heavy (non-hydrogen) atoms. The molecule has 0 atom stereocenters. The first-order valence-corrected chi connectivity index (χ1v) is 8.72. The number of hydrogen-bond acceptors (Lipinski definition) is 6. The zero-order valence-corrected chi connectivity index (χ0v) is 15.7. The van der Waals surface area contributed by atoms with E-state index in [1.807, 2.05) is 25.1 Å². The third-order valence-electron chi connectivity index (χ3n) is 4.38. The SMILES string of the molecule is COc1cc2c(c(OC)c1C(=O)CCC(=O)c1cccc(C)c1)OCCO2. The second kappa shape index (κ2) is 8.12. The van der Waals surface area contributed by atoms with Gasteiger partial charge in [-0.05, 0) is 13.0 Å². The maximum atomic E-state index is 12.9. The molecule has 0 unspecified atom stereocenters. The number of methoxy groups -OCH3 is 2. The summed E-state index contributed by atoms with van der Waals surface area (Å²) in [6.07, 6.45) is 0.141. The fourth-order valence-corrected chi connectivity index (χ4v) is 3.07. The largest absolute Gasteiger partial charge is 0.496 e. The van der Waals surface area contributed by atoms with Crippen LogP contribution in [-0.2, 0) is 0 Å². The first-order valence-electron chi connectivity index (χ1n) is 8.72. The number of ketones is 2. The Hall–Kier alpha value is -3.02. The van der Waals surface area contributed by atoms with Gasteiger partial charge in [-0.25, -0.2) is 0 Å². The maximum absolute atomic E-state index is 12.9. The number of benzene rings is 2. The molecular weight excluding hydrogens is 348 g/mol. The van der Waals surface area contributed by atoms with Crippen LogP contribution in [0.1, 0.15) is 39.1 Å². The van der Waals surface area contributed by atoms with Crippen molar-refractivity contribution in [1.82, 2.24) is 0 Å². The molecule has 1 aliphatic rings. The monoisotopic (exact) mass is 370 g/mol. The van der Waals surface area contributed by atoms with Gasteiger partial charge in [-0.1, -0.05) is 23.8 Å². The Balaban J connectivity index is 1.84. The number of ether oxygens (including phenoxy) is 4. The molecule has 6 nitrogen and oxygen atoms in total. The van der Waals surface area contributed by atoms with E-state index in [0.717, 1.165) is 5.56 Å². The molecule has 6 heteroatoms. The molecule has 0 aromatic heterocycles. The highest BCUT2D eigenvalue weighted by atomic mass is 16.6. The molecule has 0 fully saturated rings. The van der Waals surface area contributed by atoms with Crippen LogP contribution < -0.4 is 18.9 Å². The lowest BCUT2D eigenvalue weighted by atomic mass is 9.99. The number of fused-ring (bicyclic) bond motifs is 1. The molecule has 0 amide bonds. The smallest absolute Gasteiger partial charge is 0.204 e. The quantitative estimate of drug-likeness (QED) is 0.693. The van der Waals surface area contributed by atoms with E-state index in [2.05, 4.69) is 0 Å².